The molecule has 0 saturated heterocycles. The standard InChI is InChI=1S/C20H20FNO4S/c1-25-16-10-13-11-19(27-18(13)12-17(16)26-2)15(21)8-9-20(23)22(24)14-6-4-3-5-7-14/h3-7,10-12,15,24H,8-9H2,1-2H3. The van der Waals surface area contributed by atoms with E-state index in [1.54, 1.807) is 56.7 Å². The van der Waals surface area contributed by atoms with E-state index in [2.05, 4.69) is 0 Å². The van der Waals surface area contributed by atoms with Crippen molar-refractivity contribution in [3.05, 3.63) is 53.4 Å². The van der Waals surface area contributed by atoms with Crippen LogP contribution in [-0.4, -0.2) is 25.3 Å². The fourth-order valence-electron chi connectivity index (χ4n) is 2.75. The molecule has 0 fully saturated rings. The second kappa shape index (κ2) is 8.37. The van der Waals surface area contributed by atoms with E-state index < -0.39 is 12.1 Å². The lowest BCUT2D eigenvalue weighted by atomic mass is 10.1. The van der Waals surface area contributed by atoms with Crippen LogP contribution in [0.1, 0.15) is 23.9 Å². The van der Waals surface area contributed by atoms with Gasteiger partial charge in [-0.1, -0.05) is 18.2 Å². The predicted molar refractivity (Wildman–Crippen MR) is 104 cm³/mol. The van der Waals surface area contributed by atoms with Crippen molar-refractivity contribution < 1.29 is 23.9 Å². The molecule has 0 radical (unpaired) electrons. The van der Waals surface area contributed by atoms with Gasteiger partial charge in [-0.2, -0.15) is 5.06 Å². The monoisotopic (exact) mass is 389 g/mol. The fourth-order valence-corrected chi connectivity index (χ4v) is 3.84. The summed E-state index contributed by atoms with van der Waals surface area (Å²) in [6, 6.07) is 13.8. The number of hydrogen-bond donors (Lipinski definition) is 1. The third-order valence-electron chi connectivity index (χ3n) is 4.20. The van der Waals surface area contributed by atoms with Crippen LogP contribution in [0.15, 0.2) is 48.5 Å². The summed E-state index contributed by atoms with van der Waals surface area (Å²) < 4.78 is 26.1. The number of halogens is 1. The van der Waals surface area contributed by atoms with Gasteiger partial charge in [0, 0.05) is 22.1 Å². The molecule has 142 valence electrons. The number of hydrogen-bond acceptors (Lipinski definition) is 5. The van der Waals surface area contributed by atoms with E-state index in [9.17, 15) is 14.4 Å². The molecule has 7 heteroatoms. The number of carbonyl (C=O) groups excluding carboxylic acids is 1. The lowest BCUT2D eigenvalue weighted by Gasteiger charge is -2.15. The normalized spacial score (nSPS) is 12.0. The summed E-state index contributed by atoms with van der Waals surface area (Å²) in [7, 11) is 3.10. The highest BCUT2D eigenvalue weighted by atomic mass is 32.1. The Hall–Kier alpha value is -2.64. The minimum absolute atomic E-state index is 0.0101. The molecule has 0 spiro atoms. The summed E-state index contributed by atoms with van der Waals surface area (Å²) in [5, 5.41) is 11.4. The van der Waals surface area contributed by atoms with Crippen LogP contribution < -0.4 is 14.5 Å². The lowest BCUT2D eigenvalue weighted by molar-refractivity contribution is -0.124. The number of alkyl halides is 1. The molecular formula is C20H20FNO4S. The van der Waals surface area contributed by atoms with Crippen LogP contribution in [-0.2, 0) is 4.79 Å². The van der Waals surface area contributed by atoms with Crippen LogP contribution in [0.25, 0.3) is 10.1 Å². The summed E-state index contributed by atoms with van der Waals surface area (Å²) in [5.74, 6) is 0.620. The zero-order valence-electron chi connectivity index (χ0n) is 15.0. The largest absolute Gasteiger partial charge is 0.493 e. The highest BCUT2D eigenvalue weighted by molar-refractivity contribution is 7.19. The SMILES string of the molecule is COc1cc2cc(C(F)CCC(=O)N(O)c3ccccc3)sc2cc1OC. The molecule has 0 saturated carbocycles. The van der Waals surface area contributed by atoms with Gasteiger partial charge in [-0.25, -0.2) is 4.39 Å². The number of para-hydroxylation sites is 1. The Morgan fingerprint density at radius 1 is 1.15 bits per heavy atom. The van der Waals surface area contributed by atoms with Crippen molar-refractivity contribution in [1.82, 2.24) is 0 Å². The van der Waals surface area contributed by atoms with Gasteiger partial charge >= 0.3 is 0 Å². The van der Waals surface area contributed by atoms with Gasteiger partial charge in [0.1, 0.15) is 6.17 Å². The molecule has 27 heavy (non-hydrogen) atoms. The third-order valence-corrected chi connectivity index (χ3v) is 5.38. The first kappa shape index (κ1) is 19.1. The second-order valence-electron chi connectivity index (χ2n) is 5.94. The Kier molecular flexibility index (Phi) is 5.93. The van der Waals surface area contributed by atoms with Crippen molar-refractivity contribution >= 4 is 33.0 Å². The maximum atomic E-state index is 14.7. The molecule has 3 rings (SSSR count). The van der Waals surface area contributed by atoms with Gasteiger partial charge in [0.05, 0.1) is 19.9 Å². The number of benzene rings is 2. The number of nitrogens with zero attached hydrogens (tertiary/aromatic N) is 1. The Balaban J connectivity index is 1.69. The van der Waals surface area contributed by atoms with Crippen molar-refractivity contribution in [3.8, 4) is 11.5 Å². The number of amides is 1. The Morgan fingerprint density at radius 2 is 1.81 bits per heavy atom. The zero-order valence-corrected chi connectivity index (χ0v) is 15.8. The predicted octanol–water partition coefficient (Wildman–Crippen LogP) is 5.13. The summed E-state index contributed by atoms with van der Waals surface area (Å²) in [5.41, 5.74) is 0.360. The molecule has 1 heterocycles. The number of thiophene rings is 1. The van der Waals surface area contributed by atoms with Crippen LogP contribution in [0.4, 0.5) is 10.1 Å². The van der Waals surface area contributed by atoms with E-state index in [4.69, 9.17) is 9.47 Å². The second-order valence-corrected chi connectivity index (χ2v) is 7.06. The van der Waals surface area contributed by atoms with E-state index in [-0.39, 0.29) is 12.8 Å². The number of rotatable bonds is 7. The van der Waals surface area contributed by atoms with Gasteiger partial charge in [-0.15, -0.1) is 11.3 Å². The first-order valence-electron chi connectivity index (χ1n) is 8.40. The van der Waals surface area contributed by atoms with E-state index in [0.29, 0.717) is 27.1 Å². The number of fused-ring (bicyclic) bond motifs is 1. The maximum absolute atomic E-state index is 14.7. The minimum Gasteiger partial charge on any atom is -0.493 e. The number of methoxy groups -OCH3 is 2. The van der Waals surface area contributed by atoms with Crippen molar-refractivity contribution in [2.45, 2.75) is 19.0 Å². The molecule has 1 aromatic heterocycles. The molecule has 0 bridgehead atoms. The Labute approximate surface area is 160 Å². The van der Waals surface area contributed by atoms with Crippen molar-refractivity contribution in [2.75, 3.05) is 19.3 Å². The van der Waals surface area contributed by atoms with E-state index >= 15 is 0 Å². The quantitative estimate of drug-likeness (QED) is 0.449. The van der Waals surface area contributed by atoms with Crippen LogP contribution >= 0.6 is 11.3 Å². The van der Waals surface area contributed by atoms with Gasteiger partial charge in [-0.3, -0.25) is 10.0 Å². The molecular weight excluding hydrogens is 369 g/mol. The van der Waals surface area contributed by atoms with Gasteiger partial charge < -0.3 is 9.47 Å². The average Bonchev–Trinajstić information content (AvgIpc) is 3.13. The topological polar surface area (TPSA) is 59.0 Å². The number of carbonyl (C=O) groups is 1. The van der Waals surface area contributed by atoms with Crippen molar-refractivity contribution in [1.29, 1.82) is 0 Å². The average molecular weight is 389 g/mol. The first-order valence-corrected chi connectivity index (χ1v) is 9.21. The third kappa shape index (κ3) is 4.20. The van der Waals surface area contributed by atoms with Crippen molar-refractivity contribution in [2.24, 2.45) is 0 Å². The number of hydroxylamine groups is 1. The highest BCUT2D eigenvalue weighted by Gasteiger charge is 2.19. The number of ether oxygens (including phenoxy) is 2. The number of anilines is 1. The zero-order chi connectivity index (χ0) is 19.4. The molecule has 5 nitrogen and oxygen atoms in total. The Bertz CT molecular complexity index is 887. The lowest BCUT2D eigenvalue weighted by Crippen LogP contribution is -2.26. The smallest absolute Gasteiger partial charge is 0.250 e. The van der Waals surface area contributed by atoms with E-state index in [1.807, 2.05) is 6.07 Å². The molecule has 1 N–H and O–H groups in total. The van der Waals surface area contributed by atoms with Crippen LogP contribution in [0.2, 0.25) is 0 Å². The van der Waals surface area contributed by atoms with Gasteiger partial charge in [-0.05, 0) is 36.1 Å². The highest BCUT2D eigenvalue weighted by Crippen LogP contribution is 2.39. The molecule has 0 aliphatic heterocycles. The van der Waals surface area contributed by atoms with Crippen molar-refractivity contribution in [3.63, 3.8) is 0 Å². The molecule has 1 unspecified atom stereocenters. The summed E-state index contributed by atoms with van der Waals surface area (Å²) in [6.07, 6.45) is -1.41. The minimum atomic E-state index is -1.30. The van der Waals surface area contributed by atoms with E-state index in [1.165, 1.54) is 11.3 Å². The van der Waals surface area contributed by atoms with E-state index in [0.717, 1.165) is 10.1 Å². The summed E-state index contributed by atoms with van der Waals surface area (Å²) in [4.78, 5) is 12.6. The summed E-state index contributed by atoms with van der Waals surface area (Å²) >= 11 is 1.31. The summed E-state index contributed by atoms with van der Waals surface area (Å²) in [6.45, 7) is 0. The molecule has 0 aliphatic rings. The van der Waals surface area contributed by atoms with Crippen LogP contribution in [0.3, 0.4) is 0 Å². The molecule has 1 atom stereocenters. The van der Waals surface area contributed by atoms with Crippen LogP contribution in [0, 0.1) is 0 Å². The fraction of sp³-hybridized carbons (Fsp3) is 0.250. The molecule has 3 aromatic rings. The van der Waals surface area contributed by atoms with Gasteiger partial charge in [0.25, 0.3) is 5.91 Å². The van der Waals surface area contributed by atoms with Gasteiger partial charge in [0.2, 0.25) is 0 Å². The molecule has 1 amide bonds. The van der Waals surface area contributed by atoms with Crippen LogP contribution in [0.5, 0.6) is 11.5 Å². The molecule has 2 aromatic carbocycles. The molecule has 0 aliphatic carbocycles. The Morgan fingerprint density at radius 3 is 2.48 bits per heavy atom. The first-order chi connectivity index (χ1) is 13.0. The van der Waals surface area contributed by atoms with Gasteiger partial charge in [0.15, 0.2) is 11.5 Å². The maximum Gasteiger partial charge on any atom is 0.250 e.